The molecule has 1 aliphatic carbocycles. The number of aryl methyl sites for hydroxylation is 1. The molecule has 1 aliphatic rings. The minimum atomic E-state index is -0.277. The Labute approximate surface area is 116 Å². The zero-order valence-electron chi connectivity index (χ0n) is 11.0. The normalized spacial score (nSPS) is 23.7. The molecule has 2 aromatic rings. The van der Waals surface area contributed by atoms with E-state index in [4.69, 9.17) is 5.73 Å². The summed E-state index contributed by atoms with van der Waals surface area (Å²) in [6, 6.07) is 4.07. The fourth-order valence-corrected chi connectivity index (χ4v) is 3.57. The highest BCUT2D eigenvalue weighted by Gasteiger charge is 2.23. The van der Waals surface area contributed by atoms with Gasteiger partial charge in [-0.25, -0.2) is 4.98 Å². The Kier molecular flexibility index (Phi) is 3.33. The van der Waals surface area contributed by atoms with Crippen LogP contribution in [0.4, 0.5) is 11.4 Å². The lowest BCUT2D eigenvalue weighted by Crippen LogP contribution is -2.36. The Balaban J connectivity index is 1.89. The van der Waals surface area contributed by atoms with Crippen LogP contribution in [0.2, 0.25) is 0 Å². The van der Waals surface area contributed by atoms with Crippen molar-refractivity contribution in [3.8, 4) is 0 Å². The predicted molar refractivity (Wildman–Crippen MR) is 80.7 cm³/mol. The number of thiazole rings is 1. The number of nitrogens with zero attached hydrogens (tertiary/aromatic N) is 1. The van der Waals surface area contributed by atoms with E-state index in [1.165, 1.54) is 0 Å². The third kappa shape index (κ3) is 2.53. The molecule has 1 aromatic carbocycles. The average Bonchev–Trinajstić information content (AvgIpc) is 2.71. The van der Waals surface area contributed by atoms with E-state index in [1.807, 2.05) is 19.1 Å². The first-order chi connectivity index (χ1) is 9.13. The van der Waals surface area contributed by atoms with Gasteiger partial charge in [-0.15, -0.1) is 11.3 Å². The topological polar surface area (TPSA) is 71.2 Å². The van der Waals surface area contributed by atoms with Gasteiger partial charge in [-0.2, -0.15) is 0 Å². The van der Waals surface area contributed by atoms with Gasteiger partial charge in [-0.1, -0.05) is 12.8 Å². The average molecular weight is 277 g/mol. The molecule has 0 amide bonds. The van der Waals surface area contributed by atoms with Crippen LogP contribution in [0.25, 0.3) is 10.2 Å². The Morgan fingerprint density at radius 1 is 1.37 bits per heavy atom. The molecule has 1 fully saturated rings. The van der Waals surface area contributed by atoms with Crippen molar-refractivity contribution in [3.05, 3.63) is 17.1 Å². The SMILES string of the molecule is Cc1nc2cc(NC3CCCCC3O)c(N)cc2s1. The van der Waals surface area contributed by atoms with E-state index in [0.717, 1.165) is 52.3 Å². The van der Waals surface area contributed by atoms with Crippen LogP contribution >= 0.6 is 11.3 Å². The number of hydrogen-bond acceptors (Lipinski definition) is 5. The highest BCUT2D eigenvalue weighted by Crippen LogP contribution is 2.31. The smallest absolute Gasteiger partial charge is 0.0907 e. The van der Waals surface area contributed by atoms with Crippen LogP contribution in [-0.4, -0.2) is 22.2 Å². The van der Waals surface area contributed by atoms with Crippen LogP contribution in [0.3, 0.4) is 0 Å². The molecule has 1 aromatic heterocycles. The Morgan fingerprint density at radius 2 is 2.16 bits per heavy atom. The first-order valence-electron chi connectivity index (χ1n) is 6.75. The molecule has 2 unspecified atom stereocenters. The summed E-state index contributed by atoms with van der Waals surface area (Å²) < 4.78 is 1.12. The zero-order chi connectivity index (χ0) is 13.4. The molecule has 4 N–H and O–H groups in total. The molecular formula is C14H19N3OS. The Morgan fingerprint density at radius 3 is 2.95 bits per heavy atom. The Bertz CT molecular complexity index is 596. The molecule has 0 bridgehead atoms. The van der Waals surface area contributed by atoms with Gasteiger partial charge >= 0.3 is 0 Å². The number of aliphatic hydroxyl groups excluding tert-OH is 1. The summed E-state index contributed by atoms with van der Waals surface area (Å²) in [5.74, 6) is 0. The van der Waals surface area contributed by atoms with E-state index in [9.17, 15) is 5.11 Å². The molecular weight excluding hydrogens is 258 g/mol. The quantitative estimate of drug-likeness (QED) is 0.738. The lowest BCUT2D eigenvalue weighted by Gasteiger charge is -2.29. The molecule has 0 saturated heterocycles. The second-order valence-corrected chi connectivity index (χ2v) is 6.48. The number of aliphatic hydroxyl groups is 1. The lowest BCUT2D eigenvalue weighted by atomic mass is 9.92. The van der Waals surface area contributed by atoms with Crippen LogP contribution in [-0.2, 0) is 0 Å². The summed E-state index contributed by atoms with van der Waals surface area (Å²) in [6.45, 7) is 2.00. The van der Waals surface area contributed by atoms with Gasteiger partial charge in [0, 0.05) is 0 Å². The molecule has 102 valence electrons. The van der Waals surface area contributed by atoms with E-state index < -0.39 is 0 Å². The Hall–Kier alpha value is -1.33. The molecule has 19 heavy (non-hydrogen) atoms. The minimum Gasteiger partial charge on any atom is -0.397 e. The van der Waals surface area contributed by atoms with Crippen molar-refractivity contribution in [2.24, 2.45) is 0 Å². The van der Waals surface area contributed by atoms with Crippen molar-refractivity contribution >= 4 is 32.9 Å². The van der Waals surface area contributed by atoms with E-state index in [-0.39, 0.29) is 12.1 Å². The number of fused-ring (bicyclic) bond motifs is 1. The van der Waals surface area contributed by atoms with Gasteiger partial charge in [0.05, 0.1) is 38.7 Å². The number of aromatic nitrogens is 1. The lowest BCUT2D eigenvalue weighted by molar-refractivity contribution is 0.116. The zero-order valence-corrected chi connectivity index (χ0v) is 11.8. The van der Waals surface area contributed by atoms with Gasteiger partial charge in [0.25, 0.3) is 0 Å². The molecule has 1 heterocycles. The molecule has 5 heteroatoms. The van der Waals surface area contributed by atoms with E-state index >= 15 is 0 Å². The molecule has 0 aliphatic heterocycles. The van der Waals surface area contributed by atoms with E-state index in [2.05, 4.69) is 10.3 Å². The van der Waals surface area contributed by atoms with Crippen molar-refractivity contribution in [1.29, 1.82) is 0 Å². The third-order valence-corrected chi connectivity index (χ3v) is 4.67. The maximum absolute atomic E-state index is 10.0. The van der Waals surface area contributed by atoms with Crippen molar-refractivity contribution in [3.63, 3.8) is 0 Å². The van der Waals surface area contributed by atoms with E-state index in [0.29, 0.717) is 0 Å². The van der Waals surface area contributed by atoms with Crippen LogP contribution in [0.1, 0.15) is 30.7 Å². The fourth-order valence-electron chi connectivity index (χ4n) is 2.71. The van der Waals surface area contributed by atoms with Crippen LogP contribution in [0.5, 0.6) is 0 Å². The van der Waals surface area contributed by atoms with Crippen LogP contribution < -0.4 is 11.1 Å². The number of benzene rings is 1. The largest absolute Gasteiger partial charge is 0.397 e. The van der Waals surface area contributed by atoms with Gasteiger partial charge in [0.15, 0.2) is 0 Å². The summed E-state index contributed by atoms with van der Waals surface area (Å²) in [6.07, 6.45) is 3.86. The number of nitrogens with one attached hydrogen (secondary N) is 1. The second kappa shape index (κ2) is 4.98. The minimum absolute atomic E-state index is 0.105. The van der Waals surface area contributed by atoms with Crippen LogP contribution in [0.15, 0.2) is 12.1 Å². The summed E-state index contributed by atoms with van der Waals surface area (Å²) >= 11 is 1.65. The van der Waals surface area contributed by atoms with Crippen LogP contribution in [0, 0.1) is 6.92 Å². The summed E-state index contributed by atoms with van der Waals surface area (Å²) in [7, 11) is 0. The maximum Gasteiger partial charge on any atom is 0.0907 e. The van der Waals surface area contributed by atoms with Crippen molar-refractivity contribution < 1.29 is 5.11 Å². The summed E-state index contributed by atoms with van der Waals surface area (Å²) in [5, 5.41) is 14.5. The summed E-state index contributed by atoms with van der Waals surface area (Å²) in [5.41, 5.74) is 8.69. The molecule has 4 nitrogen and oxygen atoms in total. The first-order valence-corrected chi connectivity index (χ1v) is 7.56. The standard InChI is InChI=1S/C14H19N3OS/c1-8-16-12-7-11(9(15)6-14(12)19-8)17-10-4-2-3-5-13(10)18/h6-7,10,13,17-18H,2-5,15H2,1H3. The number of nitrogen functional groups attached to an aromatic ring is 1. The third-order valence-electron chi connectivity index (χ3n) is 3.74. The first kappa shape index (κ1) is 12.7. The predicted octanol–water partition coefficient (Wildman–Crippen LogP) is 2.90. The molecule has 0 radical (unpaired) electrons. The number of anilines is 2. The number of rotatable bonds is 2. The number of hydrogen-bond donors (Lipinski definition) is 3. The number of nitrogens with two attached hydrogens (primary N) is 1. The molecule has 0 spiro atoms. The summed E-state index contributed by atoms with van der Waals surface area (Å²) in [4.78, 5) is 4.49. The van der Waals surface area contributed by atoms with Crippen molar-refractivity contribution in [2.75, 3.05) is 11.1 Å². The molecule has 2 atom stereocenters. The molecule has 1 saturated carbocycles. The highest BCUT2D eigenvalue weighted by molar-refractivity contribution is 7.18. The van der Waals surface area contributed by atoms with Gasteiger partial charge in [-0.05, 0) is 31.9 Å². The van der Waals surface area contributed by atoms with Gasteiger partial charge < -0.3 is 16.2 Å². The van der Waals surface area contributed by atoms with Gasteiger partial charge in [0.1, 0.15) is 0 Å². The van der Waals surface area contributed by atoms with Gasteiger partial charge in [0.2, 0.25) is 0 Å². The van der Waals surface area contributed by atoms with Crippen molar-refractivity contribution in [2.45, 2.75) is 44.8 Å². The van der Waals surface area contributed by atoms with Crippen molar-refractivity contribution in [1.82, 2.24) is 4.98 Å². The fraction of sp³-hybridized carbons (Fsp3) is 0.500. The van der Waals surface area contributed by atoms with Gasteiger partial charge in [-0.3, -0.25) is 0 Å². The maximum atomic E-state index is 10.0. The molecule has 3 rings (SSSR count). The van der Waals surface area contributed by atoms with E-state index in [1.54, 1.807) is 11.3 Å². The monoisotopic (exact) mass is 277 g/mol. The highest BCUT2D eigenvalue weighted by atomic mass is 32.1. The second-order valence-electron chi connectivity index (χ2n) is 5.24.